The molecule has 2 nitrogen and oxygen atoms in total. The molecule has 1 aromatic rings. The number of hydrogen-bond donors (Lipinski definition) is 1. The molecule has 88 valence electrons. The Kier molecular flexibility index (Phi) is 4.69. The van der Waals surface area contributed by atoms with Crippen molar-refractivity contribution in [2.24, 2.45) is 5.92 Å². The van der Waals surface area contributed by atoms with Crippen LogP contribution < -0.4 is 5.32 Å². The molecule has 0 bridgehead atoms. The van der Waals surface area contributed by atoms with Crippen molar-refractivity contribution in [3.8, 4) is 0 Å². The van der Waals surface area contributed by atoms with Crippen molar-refractivity contribution in [1.29, 1.82) is 0 Å². The predicted octanol–water partition coefficient (Wildman–Crippen LogP) is 2.95. The second-order valence-corrected chi connectivity index (χ2v) is 4.63. The molecule has 1 rings (SSSR count). The highest BCUT2D eigenvalue weighted by molar-refractivity contribution is 5.81. The Morgan fingerprint density at radius 2 is 1.69 bits per heavy atom. The van der Waals surface area contributed by atoms with Crippen molar-refractivity contribution in [3.05, 3.63) is 35.9 Å². The largest absolute Gasteiger partial charge is 0.301 e. The molecule has 1 N–H and O–H groups in total. The lowest BCUT2D eigenvalue weighted by Gasteiger charge is -2.24. The van der Waals surface area contributed by atoms with Crippen LogP contribution in [0.1, 0.15) is 39.3 Å². The molecule has 0 aromatic heterocycles. The fourth-order valence-electron chi connectivity index (χ4n) is 1.89. The van der Waals surface area contributed by atoms with Crippen LogP contribution in [-0.4, -0.2) is 11.8 Å². The molecule has 0 fully saturated rings. The molecule has 0 saturated heterocycles. The zero-order valence-electron chi connectivity index (χ0n) is 10.5. The average molecular weight is 219 g/mol. The maximum Gasteiger partial charge on any atom is 0.146 e. The topological polar surface area (TPSA) is 29.1 Å². The first-order chi connectivity index (χ1) is 7.52. The van der Waals surface area contributed by atoms with E-state index in [1.165, 1.54) is 5.56 Å². The Morgan fingerprint density at radius 3 is 2.12 bits per heavy atom. The molecule has 1 aromatic carbocycles. The van der Waals surface area contributed by atoms with Gasteiger partial charge in [-0.15, -0.1) is 0 Å². The summed E-state index contributed by atoms with van der Waals surface area (Å²) in [5, 5.41) is 3.38. The minimum atomic E-state index is -0.0600. The van der Waals surface area contributed by atoms with E-state index in [1.54, 1.807) is 6.92 Å². The van der Waals surface area contributed by atoms with E-state index in [9.17, 15) is 4.79 Å². The third-order valence-corrected chi connectivity index (χ3v) is 2.83. The standard InChI is InChI=1S/C14H21NO/c1-10(2)14(12(4)16)15-11(3)13-8-6-5-7-9-13/h5-11,14-15H,1-4H3/t11-,14?/m1/s1. The number of nitrogens with one attached hydrogen (secondary N) is 1. The van der Waals surface area contributed by atoms with Crippen LogP contribution >= 0.6 is 0 Å². The minimum Gasteiger partial charge on any atom is -0.301 e. The lowest BCUT2D eigenvalue weighted by atomic mass is 9.98. The van der Waals surface area contributed by atoms with Gasteiger partial charge in [-0.25, -0.2) is 0 Å². The molecule has 0 aliphatic carbocycles. The summed E-state index contributed by atoms with van der Waals surface area (Å²) in [6.45, 7) is 7.87. The van der Waals surface area contributed by atoms with E-state index in [2.05, 4.69) is 38.2 Å². The van der Waals surface area contributed by atoms with E-state index in [0.29, 0.717) is 5.92 Å². The molecule has 0 aliphatic heterocycles. The number of ketones is 1. The van der Waals surface area contributed by atoms with E-state index in [-0.39, 0.29) is 17.9 Å². The maximum atomic E-state index is 11.5. The molecule has 0 aliphatic rings. The summed E-state index contributed by atoms with van der Waals surface area (Å²) < 4.78 is 0. The van der Waals surface area contributed by atoms with Gasteiger partial charge >= 0.3 is 0 Å². The van der Waals surface area contributed by atoms with Crippen LogP contribution in [0.5, 0.6) is 0 Å². The smallest absolute Gasteiger partial charge is 0.146 e. The first-order valence-corrected chi connectivity index (χ1v) is 5.83. The number of rotatable bonds is 5. The average Bonchev–Trinajstić information content (AvgIpc) is 2.25. The quantitative estimate of drug-likeness (QED) is 0.825. The van der Waals surface area contributed by atoms with Gasteiger partial charge in [-0.1, -0.05) is 44.2 Å². The summed E-state index contributed by atoms with van der Waals surface area (Å²) in [7, 11) is 0. The summed E-state index contributed by atoms with van der Waals surface area (Å²) in [4.78, 5) is 11.5. The van der Waals surface area contributed by atoms with Crippen LogP contribution in [0.3, 0.4) is 0 Å². The van der Waals surface area contributed by atoms with Gasteiger partial charge in [0.25, 0.3) is 0 Å². The predicted molar refractivity (Wildman–Crippen MR) is 67.3 cm³/mol. The first-order valence-electron chi connectivity index (χ1n) is 5.83. The Morgan fingerprint density at radius 1 is 1.12 bits per heavy atom. The number of carbonyl (C=O) groups excluding carboxylic acids is 1. The van der Waals surface area contributed by atoms with Gasteiger partial charge in [-0.05, 0) is 25.3 Å². The number of benzene rings is 1. The lowest BCUT2D eigenvalue weighted by Crippen LogP contribution is -2.41. The monoisotopic (exact) mass is 219 g/mol. The van der Waals surface area contributed by atoms with Crippen LogP contribution in [-0.2, 0) is 4.79 Å². The SMILES string of the molecule is CC(=O)C(N[C@H](C)c1ccccc1)C(C)C. The van der Waals surface area contributed by atoms with Crippen molar-refractivity contribution < 1.29 is 4.79 Å². The molecule has 0 saturated carbocycles. The molecule has 16 heavy (non-hydrogen) atoms. The molecule has 0 heterocycles. The zero-order valence-corrected chi connectivity index (χ0v) is 10.5. The van der Waals surface area contributed by atoms with Crippen molar-refractivity contribution in [3.63, 3.8) is 0 Å². The van der Waals surface area contributed by atoms with Crippen molar-refractivity contribution in [2.75, 3.05) is 0 Å². The Balaban J connectivity index is 2.69. The molecular weight excluding hydrogens is 198 g/mol. The molecule has 0 radical (unpaired) electrons. The van der Waals surface area contributed by atoms with E-state index in [0.717, 1.165) is 0 Å². The fourth-order valence-corrected chi connectivity index (χ4v) is 1.89. The van der Waals surface area contributed by atoms with E-state index in [1.807, 2.05) is 18.2 Å². The van der Waals surface area contributed by atoms with Gasteiger partial charge in [0.1, 0.15) is 5.78 Å². The second-order valence-electron chi connectivity index (χ2n) is 4.63. The molecular formula is C14H21NO. The van der Waals surface area contributed by atoms with Crippen LogP contribution in [0.25, 0.3) is 0 Å². The lowest BCUT2D eigenvalue weighted by molar-refractivity contribution is -0.120. The highest BCUT2D eigenvalue weighted by atomic mass is 16.1. The summed E-state index contributed by atoms with van der Waals surface area (Å²) >= 11 is 0. The van der Waals surface area contributed by atoms with Crippen LogP contribution in [0, 0.1) is 5.92 Å². The van der Waals surface area contributed by atoms with Crippen molar-refractivity contribution in [1.82, 2.24) is 5.32 Å². The molecule has 0 spiro atoms. The highest BCUT2D eigenvalue weighted by Crippen LogP contribution is 2.14. The highest BCUT2D eigenvalue weighted by Gasteiger charge is 2.20. The second kappa shape index (κ2) is 5.80. The molecule has 2 heteroatoms. The zero-order chi connectivity index (χ0) is 12.1. The maximum absolute atomic E-state index is 11.5. The Hall–Kier alpha value is -1.15. The van der Waals surface area contributed by atoms with Gasteiger partial charge < -0.3 is 5.32 Å². The molecule has 0 amide bonds. The normalized spacial score (nSPS) is 14.8. The van der Waals surface area contributed by atoms with E-state index in [4.69, 9.17) is 0 Å². The van der Waals surface area contributed by atoms with Gasteiger partial charge in [0, 0.05) is 6.04 Å². The fraction of sp³-hybridized carbons (Fsp3) is 0.500. The van der Waals surface area contributed by atoms with Gasteiger partial charge in [0.2, 0.25) is 0 Å². The van der Waals surface area contributed by atoms with Gasteiger partial charge in [0.05, 0.1) is 6.04 Å². The summed E-state index contributed by atoms with van der Waals surface area (Å²) in [5.41, 5.74) is 1.22. The third kappa shape index (κ3) is 3.46. The van der Waals surface area contributed by atoms with Crippen LogP contribution in [0.15, 0.2) is 30.3 Å². The third-order valence-electron chi connectivity index (χ3n) is 2.83. The van der Waals surface area contributed by atoms with Crippen LogP contribution in [0.4, 0.5) is 0 Å². The van der Waals surface area contributed by atoms with Gasteiger partial charge in [-0.3, -0.25) is 4.79 Å². The van der Waals surface area contributed by atoms with Crippen molar-refractivity contribution >= 4 is 5.78 Å². The Labute approximate surface area is 98.1 Å². The summed E-state index contributed by atoms with van der Waals surface area (Å²) in [5.74, 6) is 0.529. The number of hydrogen-bond acceptors (Lipinski definition) is 2. The molecule has 1 unspecified atom stereocenters. The summed E-state index contributed by atoms with van der Waals surface area (Å²) in [6.07, 6.45) is 0. The number of Topliss-reactive ketones (excluding diaryl/α,β-unsaturated/α-hetero) is 1. The van der Waals surface area contributed by atoms with Gasteiger partial charge in [0.15, 0.2) is 0 Å². The van der Waals surface area contributed by atoms with Gasteiger partial charge in [-0.2, -0.15) is 0 Å². The summed E-state index contributed by atoms with van der Waals surface area (Å²) in [6, 6.07) is 10.3. The molecule has 2 atom stereocenters. The first kappa shape index (κ1) is 12.9. The van der Waals surface area contributed by atoms with E-state index >= 15 is 0 Å². The van der Waals surface area contributed by atoms with Crippen molar-refractivity contribution in [2.45, 2.75) is 39.8 Å². The Bertz CT molecular complexity index is 332. The van der Waals surface area contributed by atoms with Crippen LogP contribution in [0.2, 0.25) is 0 Å². The minimum absolute atomic E-state index is 0.0600. The van der Waals surface area contributed by atoms with E-state index < -0.39 is 0 Å². The number of carbonyl (C=O) groups is 1.